The molecule has 2 rings (SSSR count). The summed E-state index contributed by atoms with van der Waals surface area (Å²) in [6, 6.07) is 1.85. The smallest absolute Gasteiger partial charge is 0.225 e. The molecular weight excluding hydrogens is 202 g/mol. The first-order chi connectivity index (χ1) is 6.70. The molecule has 0 saturated carbocycles. The van der Waals surface area contributed by atoms with Crippen LogP contribution in [0.25, 0.3) is 10.9 Å². The summed E-state index contributed by atoms with van der Waals surface area (Å²) in [7, 11) is 0. The zero-order chi connectivity index (χ0) is 10.1. The quantitative estimate of drug-likeness (QED) is 0.420. The number of nitrogens with two attached hydrogens (primary N) is 1. The maximum absolute atomic E-state index is 5.70. The average molecular weight is 210 g/mol. The molecule has 0 amide bonds. The molecule has 0 unspecified atom stereocenters. The van der Waals surface area contributed by atoms with E-state index in [-0.39, 0.29) is 5.28 Å². The molecule has 0 saturated heterocycles. The summed E-state index contributed by atoms with van der Waals surface area (Å²) in [4.78, 5) is 12.1. The molecule has 2 aromatic rings. The summed E-state index contributed by atoms with van der Waals surface area (Å²) in [5.41, 5.74) is 4.02. The highest BCUT2D eigenvalue weighted by Crippen LogP contribution is 2.20. The number of hydrogen-bond acceptors (Lipinski definition) is 5. The molecule has 72 valence electrons. The number of hydrogen-bond donors (Lipinski definition) is 2. The van der Waals surface area contributed by atoms with Crippen LogP contribution in [-0.2, 0) is 0 Å². The van der Waals surface area contributed by atoms with E-state index in [1.165, 1.54) is 0 Å². The summed E-state index contributed by atoms with van der Waals surface area (Å²) in [5, 5.41) is 0.959. The molecule has 2 heterocycles. The molecule has 0 fully saturated rings. The van der Waals surface area contributed by atoms with Gasteiger partial charge in [-0.1, -0.05) is 0 Å². The van der Waals surface area contributed by atoms with Gasteiger partial charge in [-0.3, -0.25) is 4.98 Å². The van der Waals surface area contributed by atoms with Gasteiger partial charge in [-0.2, -0.15) is 4.98 Å². The lowest BCUT2D eigenvalue weighted by Crippen LogP contribution is -2.09. The van der Waals surface area contributed by atoms with E-state index >= 15 is 0 Å². The van der Waals surface area contributed by atoms with Crippen molar-refractivity contribution in [3.05, 3.63) is 23.2 Å². The number of anilines is 1. The van der Waals surface area contributed by atoms with Gasteiger partial charge < -0.3 is 5.43 Å². The number of aromatic nitrogens is 3. The lowest BCUT2D eigenvalue weighted by molar-refractivity contribution is 1.15. The predicted molar refractivity (Wildman–Crippen MR) is 54.9 cm³/mol. The summed E-state index contributed by atoms with van der Waals surface area (Å²) in [6.07, 6.45) is 1.64. The zero-order valence-corrected chi connectivity index (χ0v) is 8.21. The number of nitrogens with one attached hydrogen (secondary N) is 1. The van der Waals surface area contributed by atoms with Crippen LogP contribution < -0.4 is 11.3 Å². The highest BCUT2D eigenvalue weighted by molar-refractivity contribution is 6.28. The van der Waals surface area contributed by atoms with E-state index in [4.69, 9.17) is 17.4 Å². The molecule has 0 aliphatic carbocycles. The normalized spacial score (nSPS) is 10.5. The molecule has 2 aromatic heterocycles. The van der Waals surface area contributed by atoms with E-state index in [0.29, 0.717) is 11.3 Å². The number of aryl methyl sites for hydroxylation is 1. The van der Waals surface area contributed by atoms with Crippen molar-refractivity contribution < 1.29 is 0 Å². The molecule has 0 radical (unpaired) electrons. The molecule has 0 aromatic carbocycles. The van der Waals surface area contributed by atoms with Gasteiger partial charge in [-0.05, 0) is 24.6 Å². The van der Waals surface area contributed by atoms with Gasteiger partial charge in [0.15, 0.2) is 5.82 Å². The zero-order valence-electron chi connectivity index (χ0n) is 7.45. The van der Waals surface area contributed by atoms with Gasteiger partial charge in [0, 0.05) is 11.1 Å². The first kappa shape index (κ1) is 9.11. The Balaban J connectivity index is 2.81. The molecule has 0 aliphatic rings. The van der Waals surface area contributed by atoms with Crippen LogP contribution in [0.1, 0.15) is 5.69 Å². The molecule has 0 bridgehead atoms. The first-order valence-electron chi connectivity index (χ1n) is 3.97. The van der Waals surface area contributed by atoms with Gasteiger partial charge in [-0.15, -0.1) is 0 Å². The van der Waals surface area contributed by atoms with Crippen LogP contribution in [0, 0.1) is 6.92 Å². The van der Waals surface area contributed by atoms with Crippen molar-refractivity contribution >= 4 is 28.3 Å². The van der Waals surface area contributed by atoms with Crippen molar-refractivity contribution in [2.75, 3.05) is 5.43 Å². The Kier molecular flexibility index (Phi) is 2.18. The second-order valence-electron chi connectivity index (χ2n) is 2.83. The van der Waals surface area contributed by atoms with E-state index in [2.05, 4.69) is 20.4 Å². The monoisotopic (exact) mass is 209 g/mol. The lowest BCUT2D eigenvalue weighted by Gasteiger charge is -2.04. The molecule has 0 atom stereocenters. The number of rotatable bonds is 1. The molecule has 14 heavy (non-hydrogen) atoms. The topological polar surface area (TPSA) is 76.7 Å². The maximum Gasteiger partial charge on any atom is 0.225 e. The number of pyridine rings is 1. The van der Waals surface area contributed by atoms with Gasteiger partial charge in [0.2, 0.25) is 5.28 Å². The van der Waals surface area contributed by atoms with Crippen LogP contribution >= 0.6 is 11.6 Å². The summed E-state index contributed by atoms with van der Waals surface area (Å²) < 4.78 is 0. The number of fused-ring (bicyclic) bond motifs is 1. The van der Waals surface area contributed by atoms with Crippen LogP contribution in [0.3, 0.4) is 0 Å². The Morgan fingerprint density at radius 2 is 2.21 bits per heavy atom. The SMILES string of the molecule is Cc1cc2c(NN)nc(Cl)nc2cn1. The lowest BCUT2D eigenvalue weighted by atomic mass is 10.2. The fraction of sp³-hybridized carbons (Fsp3) is 0.125. The summed E-state index contributed by atoms with van der Waals surface area (Å²) >= 11 is 5.70. The summed E-state index contributed by atoms with van der Waals surface area (Å²) in [6.45, 7) is 1.88. The van der Waals surface area contributed by atoms with Crippen LogP contribution in [0.15, 0.2) is 12.3 Å². The number of halogens is 1. The van der Waals surface area contributed by atoms with Crippen LogP contribution in [0.2, 0.25) is 5.28 Å². The maximum atomic E-state index is 5.70. The van der Waals surface area contributed by atoms with E-state index in [1.54, 1.807) is 6.20 Å². The second kappa shape index (κ2) is 3.36. The van der Waals surface area contributed by atoms with Gasteiger partial charge in [0.25, 0.3) is 0 Å². The molecule has 0 aliphatic heterocycles. The van der Waals surface area contributed by atoms with E-state index in [9.17, 15) is 0 Å². The average Bonchev–Trinajstić information content (AvgIpc) is 2.17. The Bertz CT molecular complexity index is 484. The Morgan fingerprint density at radius 1 is 1.43 bits per heavy atom. The molecular formula is C8H8ClN5. The van der Waals surface area contributed by atoms with E-state index in [0.717, 1.165) is 11.1 Å². The van der Waals surface area contributed by atoms with Crippen LogP contribution in [0.5, 0.6) is 0 Å². The van der Waals surface area contributed by atoms with Crippen LogP contribution in [-0.4, -0.2) is 15.0 Å². The molecule has 5 nitrogen and oxygen atoms in total. The molecule has 6 heteroatoms. The Hall–Kier alpha value is -1.46. The van der Waals surface area contributed by atoms with Crippen molar-refractivity contribution in [3.8, 4) is 0 Å². The van der Waals surface area contributed by atoms with Crippen molar-refractivity contribution in [2.45, 2.75) is 6.92 Å². The highest BCUT2D eigenvalue weighted by atomic mass is 35.5. The second-order valence-corrected chi connectivity index (χ2v) is 3.17. The van der Waals surface area contributed by atoms with Crippen molar-refractivity contribution in [2.24, 2.45) is 5.84 Å². The minimum Gasteiger partial charge on any atom is -0.308 e. The van der Waals surface area contributed by atoms with Gasteiger partial charge >= 0.3 is 0 Å². The van der Waals surface area contributed by atoms with Crippen molar-refractivity contribution in [1.82, 2.24) is 15.0 Å². The van der Waals surface area contributed by atoms with Gasteiger partial charge in [0.1, 0.15) is 0 Å². The fourth-order valence-corrected chi connectivity index (χ4v) is 1.39. The van der Waals surface area contributed by atoms with Gasteiger partial charge in [-0.25, -0.2) is 10.8 Å². The first-order valence-corrected chi connectivity index (χ1v) is 4.35. The highest BCUT2D eigenvalue weighted by Gasteiger charge is 2.05. The number of hydrazine groups is 1. The third-order valence-electron chi connectivity index (χ3n) is 1.83. The third kappa shape index (κ3) is 1.47. The molecule has 0 spiro atoms. The van der Waals surface area contributed by atoms with Crippen molar-refractivity contribution in [3.63, 3.8) is 0 Å². The minimum absolute atomic E-state index is 0.149. The third-order valence-corrected chi connectivity index (χ3v) is 2.00. The van der Waals surface area contributed by atoms with Gasteiger partial charge in [0.05, 0.1) is 11.7 Å². The predicted octanol–water partition coefficient (Wildman–Crippen LogP) is 1.27. The Morgan fingerprint density at radius 3 is 2.93 bits per heavy atom. The largest absolute Gasteiger partial charge is 0.308 e. The number of nitrogens with zero attached hydrogens (tertiary/aromatic N) is 3. The standard InChI is InChI=1S/C8H8ClN5/c1-4-2-5-6(3-11-4)12-8(9)13-7(5)14-10/h2-3H,10H2,1H3,(H,12,13,14). The van der Waals surface area contributed by atoms with Crippen molar-refractivity contribution in [1.29, 1.82) is 0 Å². The fourth-order valence-electron chi connectivity index (χ4n) is 1.22. The minimum atomic E-state index is 0.149. The van der Waals surface area contributed by atoms with E-state index in [1.807, 2.05) is 13.0 Å². The number of nitrogen functional groups attached to an aromatic ring is 1. The van der Waals surface area contributed by atoms with E-state index < -0.39 is 0 Å². The summed E-state index contributed by atoms with van der Waals surface area (Å²) in [5.74, 6) is 5.82. The Labute approximate surface area is 85.3 Å². The van der Waals surface area contributed by atoms with Crippen LogP contribution in [0.4, 0.5) is 5.82 Å². The molecule has 3 N–H and O–H groups in total.